The van der Waals surface area contributed by atoms with Crippen LogP contribution < -0.4 is 0 Å². The van der Waals surface area contributed by atoms with Gasteiger partial charge in [0.05, 0.1) is 13.2 Å². The Morgan fingerprint density at radius 1 is 1.62 bits per heavy atom. The van der Waals surface area contributed by atoms with E-state index in [4.69, 9.17) is 14.9 Å². The molecule has 1 unspecified atom stereocenters. The molecular formula is C9H16O4. The summed E-state index contributed by atoms with van der Waals surface area (Å²) >= 11 is 0. The standard InChI is InChI=1S/C9H16O4/c1-9(8(11)12,13-5-4-10)6-7-2-3-7/h7,10H,2-6H2,1H3,(H,11,12). The molecule has 2 N–H and O–H groups in total. The fourth-order valence-electron chi connectivity index (χ4n) is 1.35. The molecule has 0 bridgehead atoms. The molecule has 4 nitrogen and oxygen atoms in total. The molecule has 0 amide bonds. The first kappa shape index (κ1) is 10.5. The molecule has 1 saturated carbocycles. The van der Waals surface area contributed by atoms with Crippen molar-refractivity contribution in [2.45, 2.75) is 31.8 Å². The van der Waals surface area contributed by atoms with Crippen LogP contribution in [0.1, 0.15) is 26.2 Å². The Labute approximate surface area is 77.5 Å². The van der Waals surface area contributed by atoms with Gasteiger partial charge in [0.25, 0.3) is 0 Å². The largest absolute Gasteiger partial charge is 0.479 e. The van der Waals surface area contributed by atoms with Gasteiger partial charge in [-0.25, -0.2) is 4.79 Å². The van der Waals surface area contributed by atoms with E-state index in [1.54, 1.807) is 6.92 Å². The van der Waals surface area contributed by atoms with Crippen molar-refractivity contribution in [2.24, 2.45) is 5.92 Å². The summed E-state index contributed by atoms with van der Waals surface area (Å²) < 4.78 is 5.14. The second-order valence-corrected chi connectivity index (χ2v) is 3.76. The molecule has 1 aliphatic rings. The van der Waals surface area contributed by atoms with Gasteiger partial charge in [-0.2, -0.15) is 0 Å². The molecule has 0 radical (unpaired) electrons. The highest BCUT2D eigenvalue weighted by Crippen LogP contribution is 2.38. The summed E-state index contributed by atoms with van der Waals surface area (Å²) in [6, 6.07) is 0. The Hall–Kier alpha value is -0.610. The van der Waals surface area contributed by atoms with Gasteiger partial charge in [-0.05, 0) is 19.3 Å². The minimum absolute atomic E-state index is 0.0928. The summed E-state index contributed by atoms with van der Waals surface area (Å²) in [7, 11) is 0. The molecule has 0 saturated heterocycles. The van der Waals surface area contributed by atoms with Crippen molar-refractivity contribution in [1.82, 2.24) is 0 Å². The molecule has 0 heterocycles. The van der Waals surface area contributed by atoms with Gasteiger partial charge in [0.2, 0.25) is 0 Å². The third-order valence-electron chi connectivity index (χ3n) is 2.34. The van der Waals surface area contributed by atoms with Crippen LogP contribution in [0.3, 0.4) is 0 Å². The molecule has 1 atom stereocenters. The number of hydrogen-bond donors (Lipinski definition) is 2. The van der Waals surface area contributed by atoms with Gasteiger partial charge >= 0.3 is 5.97 Å². The summed E-state index contributed by atoms with van der Waals surface area (Å²) in [5.74, 6) is -0.437. The molecule has 0 aromatic heterocycles. The Morgan fingerprint density at radius 2 is 2.23 bits per heavy atom. The minimum atomic E-state index is -1.11. The normalized spacial score (nSPS) is 21.1. The van der Waals surface area contributed by atoms with E-state index in [9.17, 15) is 4.79 Å². The van der Waals surface area contributed by atoms with Crippen molar-refractivity contribution in [3.8, 4) is 0 Å². The van der Waals surface area contributed by atoms with E-state index in [1.807, 2.05) is 0 Å². The zero-order valence-electron chi connectivity index (χ0n) is 7.82. The van der Waals surface area contributed by atoms with Crippen molar-refractivity contribution >= 4 is 5.97 Å². The number of aliphatic hydroxyl groups is 1. The van der Waals surface area contributed by atoms with Gasteiger partial charge in [-0.15, -0.1) is 0 Å². The second kappa shape index (κ2) is 4.07. The summed E-state index contributed by atoms with van der Waals surface area (Å²) in [6.45, 7) is 1.53. The molecule has 1 rings (SSSR count). The molecule has 13 heavy (non-hydrogen) atoms. The van der Waals surface area contributed by atoms with E-state index in [0.29, 0.717) is 12.3 Å². The van der Waals surface area contributed by atoms with Crippen LogP contribution >= 0.6 is 0 Å². The monoisotopic (exact) mass is 188 g/mol. The predicted molar refractivity (Wildman–Crippen MR) is 46.4 cm³/mol. The van der Waals surface area contributed by atoms with Crippen LogP contribution in [0, 0.1) is 5.92 Å². The molecular weight excluding hydrogens is 172 g/mol. The molecule has 4 heteroatoms. The van der Waals surface area contributed by atoms with E-state index in [-0.39, 0.29) is 13.2 Å². The topological polar surface area (TPSA) is 66.8 Å². The fraction of sp³-hybridized carbons (Fsp3) is 0.889. The highest BCUT2D eigenvalue weighted by molar-refractivity contribution is 5.76. The lowest BCUT2D eigenvalue weighted by molar-refractivity contribution is -0.166. The van der Waals surface area contributed by atoms with Crippen LogP contribution in [0.4, 0.5) is 0 Å². The van der Waals surface area contributed by atoms with Gasteiger partial charge in [-0.3, -0.25) is 0 Å². The zero-order chi connectivity index (χ0) is 9.90. The Kier molecular flexibility index (Phi) is 3.27. The molecule has 0 aliphatic heterocycles. The van der Waals surface area contributed by atoms with E-state index < -0.39 is 11.6 Å². The predicted octanol–water partition coefficient (Wildman–Crippen LogP) is 0.639. The van der Waals surface area contributed by atoms with Crippen molar-refractivity contribution in [2.75, 3.05) is 13.2 Å². The third kappa shape index (κ3) is 2.97. The molecule has 0 spiro atoms. The number of rotatable bonds is 6. The van der Waals surface area contributed by atoms with Crippen LogP contribution in [0.5, 0.6) is 0 Å². The molecule has 0 aromatic rings. The number of carbonyl (C=O) groups is 1. The first-order valence-corrected chi connectivity index (χ1v) is 4.57. The maximum Gasteiger partial charge on any atom is 0.335 e. The molecule has 0 aromatic carbocycles. The van der Waals surface area contributed by atoms with Gasteiger partial charge in [0, 0.05) is 0 Å². The number of ether oxygens (including phenoxy) is 1. The van der Waals surface area contributed by atoms with Crippen molar-refractivity contribution < 1.29 is 19.7 Å². The summed E-state index contributed by atoms with van der Waals surface area (Å²) in [5, 5.41) is 17.5. The number of carboxylic acids is 1. The second-order valence-electron chi connectivity index (χ2n) is 3.76. The smallest absolute Gasteiger partial charge is 0.335 e. The number of carboxylic acid groups (broad SMARTS) is 1. The molecule has 1 aliphatic carbocycles. The van der Waals surface area contributed by atoms with E-state index >= 15 is 0 Å². The van der Waals surface area contributed by atoms with Crippen LogP contribution in [0.15, 0.2) is 0 Å². The first-order valence-electron chi connectivity index (χ1n) is 4.57. The van der Waals surface area contributed by atoms with Crippen LogP contribution in [-0.4, -0.2) is 35.0 Å². The maximum absolute atomic E-state index is 10.9. The molecule has 76 valence electrons. The number of hydrogen-bond acceptors (Lipinski definition) is 3. The highest BCUT2D eigenvalue weighted by atomic mass is 16.5. The minimum Gasteiger partial charge on any atom is -0.479 e. The summed E-state index contributed by atoms with van der Waals surface area (Å²) in [4.78, 5) is 10.9. The van der Waals surface area contributed by atoms with Crippen molar-refractivity contribution in [1.29, 1.82) is 0 Å². The zero-order valence-corrected chi connectivity index (χ0v) is 7.82. The quantitative estimate of drug-likeness (QED) is 0.642. The van der Waals surface area contributed by atoms with Crippen molar-refractivity contribution in [3.05, 3.63) is 0 Å². The molecule has 1 fully saturated rings. The van der Waals surface area contributed by atoms with Crippen LogP contribution in [0.2, 0.25) is 0 Å². The average molecular weight is 188 g/mol. The number of aliphatic carboxylic acids is 1. The maximum atomic E-state index is 10.9. The van der Waals surface area contributed by atoms with E-state index in [0.717, 1.165) is 12.8 Å². The summed E-state index contributed by atoms with van der Waals surface area (Å²) in [6.07, 6.45) is 2.76. The summed E-state index contributed by atoms with van der Waals surface area (Å²) in [5.41, 5.74) is -1.11. The van der Waals surface area contributed by atoms with Crippen LogP contribution in [-0.2, 0) is 9.53 Å². The highest BCUT2D eigenvalue weighted by Gasteiger charge is 2.39. The lowest BCUT2D eigenvalue weighted by Crippen LogP contribution is -2.39. The lowest BCUT2D eigenvalue weighted by atomic mass is 9.99. The van der Waals surface area contributed by atoms with Gasteiger partial charge in [0.15, 0.2) is 5.60 Å². The first-order chi connectivity index (χ1) is 6.08. The van der Waals surface area contributed by atoms with Crippen LogP contribution in [0.25, 0.3) is 0 Å². The van der Waals surface area contributed by atoms with Gasteiger partial charge in [-0.1, -0.05) is 12.8 Å². The Morgan fingerprint density at radius 3 is 2.62 bits per heavy atom. The average Bonchev–Trinajstić information content (AvgIpc) is 2.84. The SMILES string of the molecule is CC(CC1CC1)(OCCO)C(=O)O. The van der Waals surface area contributed by atoms with E-state index in [1.165, 1.54) is 0 Å². The van der Waals surface area contributed by atoms with E-state index in [2.05, 4.69) is 0 Å². The third-order valence-corrected chi connectivity index (χ3v) is 2.34. The fourth-order valence-corrected chi connectivity index (χ4v) is 1.35. The lowest BCUT2D eigenvalue weighted by Gasteiger charge is -2.24. The number of aliphatic hydroxyl groups excluding tert-OH is 1. The van der Waals surface area contributed by atoms with Gasteiger partial charge in [0.1, 0.15) is 0 Å². The Balaban J connectivity index is 2.45. The van der Waals surface area contributed by atoms with Crippen molar-refractivity contribution in [3.63, 3.8) is 0 Å². The Bertz CT molecular complexity index is 188. The van der Waals surface area contributed by atoms with Gasteiger partial charge < -0.3 is 14.9 Å².